The summed E-state index contributed by atoms with van der Waals surface area (Å²) in [5.74, 6) is 0.990. The minimum absolute atomic E-state index is 0.136. The summed E-state index contributed by atoms with van der Waals surface area (Å²) in [5.41, 5.74) is 8.81. The highest BCUT2D eigenvalue weighted by Gasteiger charge is 2.16. The Hall–Kier alpha value is -0.800. The maximum atomic E-state index is 6.26. The van der Waals surface area contributed by atoms with Crippen molar-refractivity contribution in [2.24, 2.45) is 11.7 Å². The van der Waals surface area contributed by atoms with Crippen LogP contribution in [0.25, 0.3) is 0 Å². The first-order valence-corrected chi connectivity index (χ1v) is 6.29. The van der Waals surface area contributed by atoms with E-state index in [-0.39, 0.29) is 5.92 Å². The highest BCUT2D eigenvalue weighted by atomic mass is 35.5. The first-order chi connectivity index (χ1) is 7.88. The van der Waals surface area contributed by atoms with E-state index in [1.165, 1.54) is 0 Å². The van der Waals surface area contributed by atoms with Gasteiger partial charge in [0.15, 0.2) is 0 Å². The summed E-state index contributed by atoms with van der Waals surface area (Å²) >= 11 is 11.3. The number of benzene rings is 1. The van der Waals surface area contributed by atoms with Crippen molar-refractivity contribution in [3.05, 3.63) is 27.8 Å². The van der Waals surface area contributed by atoms with Crippen molar-refractivity contribution < 1.29 is 4.74 Å². The molecule has 1 atom stereocenters. The van der Waals surface area contributed by atoms with Gasteiger partial charge in [0.1, 0.15) is 5.75 Å². The summed E-state index contributed by atoms with van der Waals surface area (Å²) in [6.07, 6.45) is 0.754. The Labute approximate surface area is 113 Å². The van der Waals surface area contributed by atoms with Crippen LogP contribution in [0.2, 0.25) is 5.02 Å². The number of nitrogens with two attached hydrogens (primary N) is 1. The topological polar surface area (TPSA) is 35.2 Å². The SMILES string of the molecule is COc1cc(C)c(Cl)c(C)c1CC(C)C(N)=S. The molecule has 0 radical (unpaired) electrons. The van der Waals surface area contributed by atoms with Crippen molar-refractivity contribution in [1.29, 1.82) is 0 Å². The van der Waals surface area contributed by atoms with Crippen molar-refractivity contribution in [1.82, 2.24) is 0 Å². The zero-order valence-electron chi connectivity index (χ0n) is 10.6. The predicted molar refractivity (Wildman–Crippen MR) is 77.1 cm³/mol. The molecule has 0 bridgehead atoms. The van der Waals surface area contributed by atoms with Gasteiger partial charge in [0, 0.05) is 10.9 Å². The van der Waals surface area contributed by atoms with Crippen molar-refractivity contribution in [2.75, 3.05) is 7.11 Å². The Morgan fingerprint density at radius 3 is 2.59 bits per heavy atom. The smallest absolute Gasteiger partial charge is 0.122 e. The molecule has 94 valence electrons. The predicted octanol–water partition coefficient (Wildman–Crippen LogP) is 3.43. The second kappa shape index (κ2) is 5.69. The van der Waals surface area contributed by atoms with Gasteiger partial charge in [-0.2, -0.15) is 0 Å². The first-order valence-electron chi connectivity index (χ1n) is 5.50. The minimum atomic E-state index is 0.136. The zero-order chi connectivity index (χ0) is 13.2. The molecule has 0 heterocycles. The number of ether oxygens (including phenoxy) is 1. The largest absolute Gasteiger partial charge is 0.496 e. The van der Waals surface area contributed by atoms with E-state index < -0.39 is 0 Å². The van der Waals surface area contributed by atoms with Crippen LogP contribution in [0, 0.1) is 19.8 Å². The average molecular weight is 272 g/mol. The molecule has 0 aromatic heterocycles. The minimum Gasteiger partial charge on any atom is -0.496 e. The van der Waals surface area contributed by atoms with Crippen LogP contribution in [0.15, 0.2) is 6.07 Å². The van der Waals surface area contributed by atoms with Gasteiger partial charge >= 0.3 is 0 Å². The average Bonchev–Trinajstić information content (AvgIpc) is 2.29. The summed E-state index contributed by atoms with van der Waals surface area (Å²) in [5, 5.41) is 0.788. The summed E-state index contributed by atoms with van der Waals surface area (Å²) in [6, 6.07) is 1.96. The van der Waals surface area contributed by atoms with Gasteiger partial charge in [-0.15, -0.1) is 0 Å². The van der Waals surface area contributed by atoms with Crippen molar-refractivity contribution in [3.63, 3.8) is 0 Å². The van der Waals surface area contributed by atoms with Gasteiger partial charge in [-0.05, 0) is 43.0 Å². The van der Waals surface area contributed by atoms with Crippen LogP contribution in [0.1, 0.15) is 23.6 Å². The molecular weight excluding hydrogens is 254 g/mol. The lowest BCUT2D eigenvalue weighted by Gasteiger charge is -2.17. The zero-order valence-corrected chi connectivity index (χ0v) is 12.2. The quantitative estimate of drug-likeness (QED) is 0.852. The van der Waals surface area contributed by atoms with Crippen LogP contribution in [-0.2, 0) is 6.42 Å². The van der Waals surface area contributed by atoms with E-state index in [4.69, 9.17) is 34.3 Å². The maximum absolute atomic E-state index is 6.26. The summed E-state index contributed by atoms with van der Waals surface area (Å²) in [4.78, 5) is 0.517. The number of methoxy groups -OCH3 is 1. The number of rotatable bonds is 4. The molecule has 0 saturated carbocycles. The van der Waals surface area contributed by atoms with Gasteiger partial charge in [0.2, 0.25) is 0 Å². The monoisotopic (exact) mass is 271 g/mol. The fraction of sp³-hybridized carbons (Fsp3) is 0.462. The van der Waals surface area contributed by atoms with Gasteiger partial charge < -0.3 is 10.5 Å². The van der Waals surface area contributed by atoms with Gasteiger partial charge in [-0.3, -0.25) is 0 Å². The van der Waals surface area contributed by atoms with Crippen LogP contribution in [0.3, 0.4) is 0 Å². The molecule has 1 aromatic carbocycles. The molecule has 0 aliphatic rings. The van der Waals surface area contributed by atoms with E-state index in [0.717, 1.165) is 33.9 Å². The Bertz CT molecular complexity index is 446. The second-order valence-corrected chi connectivity index (χ2v) is 5.17. The normalized spacial score (nSPS) is 12.3. The third kappa shape index (κ3) is 3.11. The van der Waals surface area contributed by atoms with Gasteiger partial charge in [-0.25, -0.2) is 0 Å². The fourth-order valence-electron chi connectivity index (χ4n) is 1.80. The van der Waals surface area contributed by atoms with Crippen LogP contribution in [0.5, 0.6) is 5.75 Å². The first kappa shape index (κ1) is 14.3. The lowest BCUT2D eigenvalue weighted by atomic mass is 9.95. The molecular formula is C13H18ClNOS. The third-order valence-electron chi connectivity index (χ3n) is 2.99. The lowest BCUT2D eigenvalue weighted by Crippen LogP contribution is -2.21. The molecule has 4 heteroatoms. The van der Waals surface area contributed by atoms with E-state index in [9.17, 15) is 0 Å². The van der Waals surface area contributed by atoms with E-state index in [0.29, 0.717) is 4.99 Å². The number of aryl methyl sites for hydroxylation is 1. The van der Waals surface area contributed by atoms with E-state index in [2.05, 4.69) is 0 Å². The molecule has 2 nitrogen and oxygen atoms in total. The van der Waals surface area contributed by atoms with E-state index in [1.54, 1.807) is 7.11 Å². The van der Waals surface area contributed by atoms with Gasteiger partial charge in [-0.1, -0.05) is 30.7 Å². The number of hydrogen-bond acceptors (Lipinski definition) is 2. The molecule has 0 aliphatic carbocycles. The molecule has 0 aliphatic heterocycles. The van der Waals surface area contributed by atoms with E-state index >= 15 is 0 Å². The van der Waals surface area contributed by atoms with Crippen molar-refractivity contribution in [2.45, 2.75) is 27.2 Å². The van der Waals surface area contributed by atoms with Crippen LogP contribution < -0.4 is 10.5 Å². The molecule has 0 fully saturated rings. The van der Waals surface area contributed by atoms with Crippen molar-refractivity contribution in [3.8, 4) is 5.75 Å². The Kier molecular flexibility index (Phi) is 4.78. The molecule has 1 aromatic rings. The Balaban J connectivity index is 3.21. The number of hydrogen-bond donors (Lipinski definition) is 1. The molecule has 17 heavy (non-hydrogen) atoms. The van der Waals surface area contributed by atoms with Crippen LogP contribution in [-0.4, -0.2) is 12.1 Å². The molecule has 0 saturated heterocycles. The highest BCUT2D eigenvalue weighted by molar-refractivity contribution is 7.80. The molecule has 1 unspecified atom stereocenters. The number of halogens is 1. The van der Waals surface area contributed by atoms with E-state index in [1.807, 2.05) is 26.8 Å². The summed E-state index contributed by atoms with van der Waals surface area (Å²) in [7, 11) is 1.66. The lowest BCUT2D eigenvalue weighted by molar-refractivity contribution is 0.407. The fourth-order valence-corrected chi connectivity index (χ4v) is 2.05. The van der Waals surface area contributed by atoms with Crippen LogP contribution >= 0.6 is 23.8 Å². The molecule has 0 amide bonds. The standard InChI is InChI=1S/C13H18ClNOS/c1-7-6-11(16-4)10(9(3)12(7)14)5-8(2)13(15)17/h6,8H,5H2,1-4H3,(H2,15,17). The molecule has 1 rings (SSSR count). The summed E-state index contributed by atoms with van der Waals surface area (Å²) < 4.78 is 5.40. The molecule has 2 N–H and O–H groups in total. The second-order valence-electron chi connectivity index (χ2n) is 4.32. The highest BCUT2D eigenvalue weighted by Crippen LogP contribution is 2.33. The molecule has 0 spiro atoms. The van der Waals surface area contributed by atoms with Gasteiger partial charge in [0.25, 0.3) is 0 Å². The van der Waals surface area contributed by atoms with Crippen LogP contribution in [0.4, 0.5) is 0 Å². The number of thiocarbonyl (C=S) groups is 1. The third-order valence-corrected chi connectivity index (χ3v) is 3.97. The maximum Gasteiger partial charge on any atom is 0.122 e. The Morgan fingerprint density at radius 2 is 2.12 bits per heavy atom. The van der Waals surface area contributed by atoms with Crippen molar-refractivity contribution >= 4 is 28.8 Å². The summed E-state index contributed by atoms with van der Waals surface area (Å²) in [6.45, 7) is 5.98. The Morgan fingerprint density at radius 1 is 1.53 bits per heavy atom. The van der Waals surface area contributed by atoms with Gasteiger partial charge in [0.05, 0.1) is 12.1 Å².